The molecule has 0 aliphatic heterocycles. The Kier molecular flexibility index (Phi) is 7.65. The van der Waals surface area contributed by atoms with Crippen LogP contribution in [-0.2, 0) is 14.3 Å². The minimum absolute atomic E-state index is 0.309. The van der Waals surface area contributed by atoms with Crippen molar-refractivity contribution in [2.75, 3.05) is 26.1 Å². The van der Waals surface area contributed by atoms with Crippen molar-refractivity contribution in [3.63, 3.8) is 0 Å². The van der Waals surface area contributed by atoms with E-state index in [1.165, 1.54) is 44.6 Å². The van der Waals surface area contributed by atoms with Crippen LogP contribution in [-0.4, -0.2) is 44.7 Å². The predicted molar refractivity (Wildman–Crippen MR) is 105 cm³/mol. The maximum Gasteiger partial charge on any atom is 0.328 e. The molecule has 1 aromatic carbocycles. The van der Waals surface area contributed by atoms with Crippen LogP contribution in [0.1, 0.15) is 16.6 Å². The zero-order valence-electron chi connectivity index (χ0n) is 15.4. The molecular formula is C18H19ClN2O6S. The Hall–Kier alpha value is -2.78. The van der Waals surface area contributed by atoms with Crippen molar-refractivity contribution in [3.05, 3.63) is 39.5 Å². The molecule has 1 unspecified atom stereocenters. The molecule has 28 heavy (non-hydrogen) atoms. The number of anilines is 1. The van der Waals surface area contributed by atoms with Crippen LogP contribution in [0.25, 0.3) is 0 Å². The Bertz CT molecular complexity index is 856. The molecule has 0 fully saturated rings. The summed E-state index contributed by atoms with van der Waals surface area (Å²) in [5.41, 5.74) is 0.309. The van der Waals surface area contributed by atoms with Gasteiger partial charge in [0.05, 0.1) is 29.8 Å². The first-order chi connectivity index (χ1) is 13.3. The lowest BCUT2D eigenvalue weighted by molar-refractivity contribution is -0.148. The van der Waals surface area contributed by atoms with Crippen LogP contribution < -0.4 is 20.1 Å². The molecule has 2 N–H and O–H groups in total. The summed E-state index contributed by atoms with van der Waals surface area (Å²) in [6.07, 6.45) is 0. The molecule has 0 bridgehead atoms. The fraction of sp³-hybridized carbons (Fsp3) is 0.278. The van der Waals surface area contributed by atoms with Crippen LogP contribution in [0.15, 0.2) is 29.6 Å². The number of carbonyl (C=O) groups excluding carboxylic acids is 3. The molecule has 0 aliphatic rings. The molecule has 0 saturated carbocycles. The zero-order chi connectivity index (χ0) is 20.7. The van der Waals surface area contributed by atoms with Gasteiger partial charge in [-0.2, -0.15) is 0 Å². The minimum Gasteiger partial charge on any atom is -0.495 e. The molecule has 2 aromatic rings. The number of halogens is 1. The molecule has 0 saturated heterocycles. The van der Waals surface area contributed by atoms with Crippen molar-refractivity contribution in [1.29, 1.82) is 0 Å². The third-order valence-corrected chi connectivity index (χ3v) is 4.70. The van der Waals surface area contributed by atoms with Crippen LogP contribution in [0.3, 0.4) is 0 Å². The molecule has 1 heterocycles. The van der Waals surface area contributed by atoms with E-state index in [0.717, 1.165) is 0 Å². The Morgan fingerprint density at radius 1 is 1.18 bits per heavy atom. The first kappa shape index (κ1) is 21.5. The normalized spacial score (nSPS) is 11.3. The number of methoxy groups -OCH3 is 2. The molecule has 8 nitrogen and oxygen atoms in total. The van der Waals surface area contributed by atoms with E-state index in [-0.39, 0.29) is 5.91 Å². The van der Waals surface area contributed by atoms with Gasteiger partial charge in [-0.25, -0.2) is 4.79 Å². The van der Waals surface area contributed by atoms with Gasteiger partial charge in [0.25, 0.3) is 11.8 Å². The van der Waals surface area contributed by atoms with Crippen LogP contribution in [0.5, 0.6) is 11.5 Å². The van der Waals surface area contributed by atoms with Crippen LogP contribution in [0.4, 0.5) is 5.69 Å². The number of amides is 2. The minimum atomic E-state index is -0.910. The Morgan fingerprint density at radius 2 is 1.89 bits per heavy atom. The van der Waals surface area contributed by atoms with Gasteiger partial charge in [0.2, 0.25) is 0 Å². The van der Waals surface area contributed by atoms with Gasteiger partial charge >= 0.3 is 5.97 Å². The lowest BCUT2D eigenvalue weighted by Crippen LogP contribution is -2.40. The second-order valence-electron chi connectivity index (χ2n) is 5.52. The molecule has 0 spiro atoms. The first-order valence-electron chi connectivity index (χ1n) is 8.08. The monoisotopic (exact) mass is 426 g/mol. The molecule has 150 valence electrons. The van der Waals surface area contributed by atoms with E-state index in [0.29, 0.717) is 27.1 Å². The van der Waals surface area contributed by atoms with Crippen molar-refractivity contribution in [1.82, 2.24) is 5.32 Å². The van der Waals surface area contributed by atoms with Crippen LogP contribution in [0.2, 0.25) is 5.02 Å². The van der Waals surface area contributed by atoms with Crippen molar-refractivity contribution in [2.24, 2.45) is 0 Å². The van der Waals surface area contributed by atoms with Crippen molar-refractivity contribution >= 4 is 46.4 Å². The van der Waals surface area contributed by atoms with Gasteiger partial charge in [0.1, 0.15) is 17.5 Å². The van der Waals surface area contributed by atoms with Gasteiger partial charge in [-0.1, -0.05) is 17.7 Å². The number of rotatable bonds is 8. The van der Waals surface area contributed by atoms with E-state index in [1.807, 2.05) is 0 Å². The zero-order valence-corrected chi connectivity index (χ0v) is 17.0. The third kappa shape index (κ3) is 5.61. The maximum atomic E-state index is 12.1. The second-order valence-corrected chi connectivity index (χ2v) is 6.87. The second kappa shape index (κ2) is 9.95. The Morgan fingerprint density at radius 3 is 2.50 bits per heavy atom. The topological polar surface area (TPSA) is 103 Å². The summed E-state index contributed by atoms with van der Waals surface area (Å²) in [5, 5.41) is 7.14. The fourth-order valence-corrected chi connectivity index (χ4v) is 3.00. The average molecular weight is 427 g/mol. The number of benzene rings is 1. The molecule has 2 amide bonds. The highest BCUT2D eigenvalue weighted by molar-refractivity contribution is 7.12. The molecule has 10 heteroatoms. The van der Waals surface area contributed by atoms with Gasteiger partial charge in [0, 0.05) is 12.1 Å². The van der Waals surface area contributed by atoms with E-state index in [1.54, 1.807) is 17.5 Å². The molecule has 0 radical (unpaired) electrons. The largest absolute Gasteiger partial charge is 0.495 e. The van der Waals surface area contributed by atoms with Crippen LogP contribution in [0, 0.1) is 0 Å². The molecule has 2 rings (SSSR count). The quantitative estimate of drug-likeness (QED) is 0.629. The van der Waals surface area contributed by atoms with Crippen LogP contribution >= 0.6 is 22.9 Å². The van der Waals surface area contributed by atoms with E-state index in [4.69, 9.17) is 25.8 Å². The summed E-state index contributed by atoms with van der Waals surface area (Å²) in [4.78, 5) is 36.5. The number of hydrogen-bond donors (Lipinski definition) is 2. The molecule has 1 aromatic heterocycles. The van der Waals surface area contributed by atoms with E-state index in [9.17, 15) is 14.4 Å². The summed E-state index contributed by atoms with van der Waals surface area (Å²) in [7, 11) is 2.86. The highest BCUT2D eigenvalue weighted by Crippen LogP contribution is 2.35. The summed E-state index contributed by atoms with van der Waals surface area (Å²) in [6, 6.07) is 5.44. The average Bonchev–Trinajstić information content (AvgIpc) is 3.21. The fourth-order valence-electron chi connectivity index (χ4n) is 2.14. The van der Waals surface area contributed by atoms with Crippen molar-refractivity contribution < 1.29 is 28.6 Å². The lowest BCUT2D eigenvalue weighted by Gasteiger charge is -2.14. The van der Waals surface area contributed by atoms with E-state index < -0.39 is 24.5 Å². The summed E-state index contributed by atoms with van der Waals surface area (Å²) < 4.78 is 15.2. The number of esters is 1. The molecular weight excluding hydrogens is 408 g/mol. The molecule has 0 aliphatic carbocycles. The lowest BCUT2D eigenvalue weighted by atomic mass is 10.2. The Balaban J connectivity index is 1.89. The summed E-state index contributed by atoms with van der Waals surface area (Å²) in [6.45, 7) is 0.935. The van der Waals surface area contributed by atoms with Gasteiger partial charge in [-0.05, 0) is 18.4 Å². The molecule has 1 atom stereocenters. The summed E-state index contributed by atoms with van der Waals surface area (Å²) in [5.74, 6) is -1.04. The van der Waals surface area contributed by atoms with Gasteiger partial charge < -0.3 is 24.8 Å². The Labute approximate surface area is 170 Å². The van der Waals surface area contributed by atoms with E-state index >= 15 is 0 Å². The predicted octanol–water partition coefficient (Wildman–Crippen LogP) is 2.72. The third-order valence-electron chi connectivity index (χ3n) is 3.54. The smallest absolute Gasteiger partial charge is 0.328 e. The van der Waals surface area contributed by atoms with E-state index in [2.05, 4.69) is 10.6 Å². The standard InChI is InChI=1S/C18H19ClN2O6S/c1-10(20-17(23)15-5-4-6-28-15)18(24)27-9-16(22)21-12-8-13(25-2)11(19)7-14(12)26-3/h4-8,10H,9H2,1-3H3,(H,20,23)(H,21,22). The first-order valence-corrected chi connectivity index (χ1v) is 9.33. The number of hydrogen-bond acceptors (Lipinski definition) is 7. The number of thiophene rings is 1. The number of carbonyl (C=O) groups is 3. The number of nitrogens with one attached hydrogen (secondary N) is 2. The van der Waals surface area contributed by atoms with Crippen molar-refractivity contribution in [2.45, 2.75) is 13.0 Å². The van der Waals surface area contributed by atoms with Gasteiger partial charge in [0.15, 0.2) is 6.61 Å². The maximum absolute atomic E-state index is 12.1. The van der Waals surface area contributed by atoms with Gasteiger partial charge in [-0.15, -0.1) is 11.3 Å². The number of ether oxygens (including phenoxy) is 3. The summed E-state index contributed by atoms with van der Waals surface area (Å²) >= 11 is 7.26. The SMILES string of the molecule is COc1cc(NC(=O)COC(=O)C(C)NC(=O)c2cccs2)c(OC)cc1Cl. The highest BCUT2D eigenvalue weighted by atomic mass is 35.5. The highest BCUT2D eigenvalue weighted by Gasteiger charge is 2.20. The van der Waals surface area contributed by atoms with Crippen molar-refractivity contribution in [3.8, 4) is 11.5 Å². The van der Waals surface area contributed by atoms with Gasteiger partial charge in [-0.3, -0.25) is 9.59 Å².